The first-order chi connectivity index (χ1) is 28.0. The zero-order valence-corrected chi connectivity index (χ0v) is 38.1. The van der Waals surface area contributed by atoms with Crippen molar-refractivity contribution >= 4 is 11.9 Å². The number of nitrogens with two attached hydrogens (primary N) is 2. The van der Waals surface area contributed by atoms with Gasteiger partial charge in [0.2, 0.25) is 40.7 Å². The third-order valence-corrected chi connectivity index (χ3v) is 6.72. The molecule has 1 atom stereocenters. The van der Waals surface area contributed by atoms with Crippen LogP contribution in [0.5, 0.6) is 5.75 Å². The van der Waals surface area contributed by atoms with Gasteiger partial charge in [-0.2, -0.15) is 8.78 Å². The van der Waals surface area contributed by atoms with Crippen LogP contribution >= 0.6 is 0 Å². The van der Waals surface area contributed by atoms with E-state index in [1.54, 1.807) is 0 Å². The van der Waals surface area contributed by atoms with E-state index in [1.807, 2.05) is 6.92 Å². The minimum atomic E-state index is -2.37. The number of rotatable bonds is 37. The minimum Gasteiger partial charge on any atom is -0.420 e. The number of esters is 1. The van der Waals surface area contributed by atoms with E-state index in [1.165, 1.54) is 0 Å². The zero-order valence-electron chi connectivity index (χ0n) is 33.9. The number of carbonyl (C=O) groups excluding carboxylic acids is 2. The summed E-state index contributed by atoms with van der Waals surface area (Å²) in [5.41, 5.74) is 9.40. The second-order valence-electron chi connectivity index (χ2n) is 11.8. The van der Waals surface area contributed by atoms with Gasteiger partial charge in [0.1, 0.15) is 0 Å². The summed E-state index contributed by atoms with van der Waals surface area (Å²) < 4.78 is 124. The molecule has 0 aliphatic carbocycles. The van der Waals surface area contributed by atoms with Crippen LogP contribution in [-0.2, 0) is 57.0 Å². The number of halogens is 5. The fourth-order valence-electron chi connectivity index (χ4n) is 4.00. The Balaban J connectivity index is 0. The van der Waals surface area contributed by atoms with Crippen molar-refractivity contribution in [1.29, 1.82) is 0 Å². The van der Waals surface area contributed by atoms with Gasteiger partial charge in [-0.3, -0.25) is 9.59 Å². The van der Waals surface area contributed by atoms with Crippen LogP contribution in [-0.4, -0.2) is 163 Å². The van der Waals surface area contributed by atoms with E-state index in [4.69, 9.17) is 58.8 Å². The molecular formula is C37H62F5N3O13U. The van der Waals surface area contributed by atoms with Crippen molar-refractivity contribution in [2.75, 3.05) is 145 Å². The van der Waals surface area contributed by atoms with E-state index >= 15 is 0 Å². The van der Waals surface area contributed by atoms with Crippen LogP contribution in [0.15, 0.2) is 0 Å². The Morgan fingerprint density at radius 1 is 0.542 bits per heavy atom. The Hall–Kier alpha value is -1.62. The third kappa shape index (κ3) is 31.8. The first-order valence-electron chi connectivity index (χ1n) is 18.8. The quantitative estimate of drug-likeness (QED) is 0.0166. The molecule has 1 amide bonds. The van der Waals surface area contributed by atoms with Crippen LogP contribution in [0.3, 0.4) is 0 Å². The number of nitrogens with one attached hydrogen (secondary N) is 1. The summed E-state index contributed by atoms with van der Waals surface area (Å²) in [5, 5.41) is 2.79. The molecule has 59 heavy (non-hydrogen) atoms. The fraction of sp³-hybridized carbons (Fsp3) is 0.730. The molecule has 1 unspecified atom stereocenters. The van der Waals surface area contributed by atoms with Gasteiger partial charge >= 0.3 is 37.1 Å². The number of hydrogen-bond acceptors (Lipinski definition) is 15. The van der Waals surface area contributed by atoms with Crippen molar-refractivity contribution in [1.82, 2.24) is 5.32 Å². The van der Waals surface area contributed by atoms with Gasteiger partial charge in [0.25, 0.3) is 0 Å². The summed E-state index contributed by atoms with van der Waals surface area (Å²) in [4.78, 5) is 24.4. The largest absolute Gasteiger partial charge is 2.00 e. The van der Waals surface area contributed by atoms with E-state index in [-0.39, 0.29) is 90.4 Å². The number of carbonyl (C=O) groups is 2. The maximum Gasteiger partial charge on any atom is 2.00 e. The Labute approximate surface area is 367 Å². The van der Waals surface area contributed by atoms with Gasteiger partial charge in [-0.05, 0) is 12.0 Å². The van der Waals surface area contributed by atoms with Crippen LogP contribution in [0.25, 0.3) is 0 Å². The smallest absolute Gasteiger partial charge is 0.420 e. The van der Waals surface area contributed by atoms with Crippen LogP contribution in [0, 0.1) is 74.0 Å². The van der Waals surface area contributed by atoms with E-state index < -0.39 is 58.7 Å². The molecule has 16 nitrogen and oxygen atoms in total. The average Bonchev–Trinajstić information content (AvgIpc) is 3.21. The summed E-state index contributed by atoms with van der Waals surface area (Å²) in [6, 6.07) is 0. The van der Waals surface area contributed by atoms with Crippen molar-refractivity contribution in [3.63, 3.8) is 0 Å². The van der Waals surface area contributed by atoms with Crippen LogP contribution in [0.1, 0.15) is 26.2 Å². The van der Waals surface area contributed by atoms with Gasteiger partial charge in [-0.25, -0.2) is 13.2 Å². The zero-order chi connectivity index (χ0) is 43.3. The molecule has 1 aromatic rings. The van der Waals surface area contributed by atoms with Crippen LogP contribution < -0.4 is 21.5 Å². The second-order valence-corrected chi connectivity index (χ2v) is 11.8. The summed E-state index contributed by atoms with van der Waals surface area (Å²) in [6.07, 6.45) is 0.331. The Bertz CT molecular complexity index is 1150. The Morgan fingerprint density at radius 2 is 0.898 bits per heavy atom. The Morgan fingerprint density at radius 3 is 1.32 bits per heavy atom. The molecule has 0 aliphatic heterocycles. The van der Waals surface area contributed by atoms with E-state index in [2.05, 4.69) is 23.9 Å². The second kappa shape index (κ2) is 40.5. The normalized spacial score (nSPS) is 12.0. The Kier molecular flexibility index (Phi) is 40.8. The molecule has 1 rings (SSSR count). The molecular weight excluding hydrogens is 1030 g/mol. The van der Waals surface area contributed by atoms with E-state index in [0.717, 1.165) is 6.42 Å². The van der Waals surface area contributed by atoms with Crippen molar-refractivity contribution in [2.24, 2.45) is 11.5 Å². The molecule has 0 radical (unpaired) electrons. The van der Waals surface area contributed by atoms with E-state index in [9.17, 15) is 31.5 Å². The van der Waals surface area contributed by atoms with Gasteiger partial charge in [-0.1, -0.05) is 13.5 Å². The summed E-state index contributed by atoms with van der Waals surface area (Å²) in [6.45, 7) is 16.6. The standard InChI is InChI=1S/C31H48F5N2O11.C6H14NO2.U/c1-3-7-41-11-15-45-17-19-47-21-31(2,22-48-20-18-46-16-14-44-10-6-37)38-23(39)4-8-42-12-13-43-9-5-24(40)49-30-28(35)26(33)25(32)27(34)29(30)36;1-2-8-5-6-9-4-3-7;/h2-22,37H2,1H3,(H,38,39);1-7H2;/q2*-1;+2. The van der Waals surface area contributed by atoms with Gasteiger partial charge in [0.15, 0.2) is 0 Å². The molecule has 0 saturated carbocycles. The molecule has 0 aromatic heterocycles. The molecule has 0 aliphatic rings. The first kappa shape index (κ1) is 59.5. The molecule has 0 saturated heterocycles. The monoisotopic (exact) mass is 1090 g/mol. The number of benzene rings is 1. The number of amides is 1. The molecule has 342 valence electrons. The minimum absolute atomic E-state index is 0. The van der Waals surface area contributed by atoms with Crippen molar-refractivity contribution in [3.05, 3.63) is 42.9 Å². The first-order valence-corrected chi connectivity index (χ1v) is 18.8. The van der Waals surface area contributed by atoms with Gasteiger partial charge in [-0.15, -0.1) is 0 Å². The van der Waals surface area contributed by atoms with Gasteiger partial charge in [0, 0.05) is 39.3 Å². The molecule has 0 fully saturated rings. The number of hydrogen-bond donors (Lipinski definition) is 3. The van der Waals surface area contributed by atoms with Gasteiger partial charge in [0.05, 0.1) is 112 Å². The van der Waals surface area contributed by atoms with Crippen molar-refractivity contribution in [3.8, 4) is 5.75 Å². The van der Waals surface area contributed by atoms with Crippen molar-refractivity contribution in [2.45, 2.75) is 31.7 Å². The predicted molar refractivity (Wildman–Crippen MR) is 199 cm³/mol. The summed E-state index contributed by atoms with van der Waals surface area (Å²) in [5.74, 6) is -14.7. The predicted octanol–water partition coefficient (Wildman–Crippen LogP) is 2.07. The van der Waals surface area contributed by atoms with Crippen LogP contribution in [0.2, 0.25) is 0 Å². The maximum atomic E-state index is 13.6. The van der Waals surface area contributed by atoms with E-state index in [0.29, 0.717) is 92.4 Å². The average molecular weight is 1090 g/mol. The fourth-order valence-corrected chi connectivity index (χ4v) is 4.00. The topological polar surface area (TPSA) is 200 Å². The molecule has 0 spiro atoms. The molecule has 1 aromatic carbocycles. The van der Waals surface area contributed by atoms with Crippen molar-refractivity contribution < 1.29 is 115 Å². The maximum absolute atomic E-state index is 13.6. The SMILES string of the molecule is [CH2-]C(COCCOCCOCCC)(COCCOCCOCCN)NC(=O)CCOCCOCCC(=O)Oc1c(F)c(F)c(F)c(F)c1F.[CH2-]COCCOCCN.[U+2]. The van der Waals surface area contributed by atoms with Gasteiger partial charge < -0.3 is 82.7 Å². The summed E-state index contributed by atoms with van der Waals surface area (Å²) in [7, 11) is 0. The molecule has 0 heterocycles. The summed E-state index contributed by atoms with van der Waals surface area (Å²) >= 11 is 0. The number of ether oxygens (including phenoxy) is 11. The third-order valence-electron chi connectivity index (χ3n) is 6.72. The molecule has 22 heteroatoms. The molecule has 0 bridgehead atoms. The van der Waals surface area contributed by atoms with Crippen LogP contribution in [0.4, 0.5) is 22.0 Å². The molecule has 5 N–H and O–H groups in total.